The summed E-state index contributed by atoms with van der Waals surface area (Å²) in [6.07, 6.45) is 1.96. The van der Waals surface area contributed by atoms with Crippen molar-refractivity contribution in [2.75, 3.05) is 0 Å². The molecule has 3 heterocycles. The molecular weight excluding hydrogens is 387 g/mol. The smallest absolute Gasteiger partial charge is 0.284 e. The van der Waals surface area contributed by atoms with Crippen molar-refractivity contribution in [1.82, 2.24) is 4.98 Å². The molecule has 0 bridgehead atoms. The molecular formula is C24H14ClFN2O. The van der Waals surface area contributed by atoms with E-state index >= 15 is 0 Å². The van der Waals surface area contributed by atoms with Crippen molar-refractivity contribution in [1.29, 1.82) is 0 Å². The molecule has 3 aromatic carbocycles. The number of H-pyrrole nitrogens is 1. The number of fused-ring (bicyclic) bond motifs is 7. The number of nitrogens with one attached hydrogen (secondary N) is 1. The number of ketones is 1. The zero-order chi connectivity index (χ0) is 18.8. The van der Waals surface area contributed by atoms with E-state index in [2.05, 4.69) is 11.1 Å². The number of halogens is 2. The lowest BCUT2D eigenvalue weighted by molar-refractivity contribution is -0.592. The molecule has 0 atom stereocenters. The molecule has 29 heavy (non-hydrogen) atoms. The number of hydrogen-bond acceptors (Lipinski definition) is 1. The number of nitrogens with zero attached hydrogens (tertiary/aromatic N) is 1. The highest BCUT2D eigenvalue weighted by molar-refractivity contribution is 6.20. The second-order valence-electron chi connectivity index (χ2n) is 7.06. The topological polar surface area (TPSA) is 36.7 Å². The van der Waals surface area contributed by atoms with E-state index in [1.54, 1.807) is 12.1 Å². The number of carbonyl (C=O) groups is 1. The van der Waals surface area contributed by atoms with Crippen LogP contribution in [-0.2, 0) is 0 Å². The first-order valence-electron chi connectivity index (χ1n) is 9.11. The summed E-state index contributed by atoms with van der Waals surface area (Å²) in [5, 5.41) is 2.05. The van der Waals surface area contributed by atoms with Gasteiger partial charge in [0.05, 0.1) is 0 Å². The maximum Gasteiger partial charge on any atom is 0.284 e. The summed E-state index contributed by atoms with van der Waals surface area (Å²) >= 11 is 0. The van der Waals surface area contributed by atoms with Crippen LogP contribution in [0.3, 0.4) is 0 Å². The number of pyridine rings is 1. The number of aromatic amines is 1. The van der Waals surface area contributed by atoms with E-state index in [4.69, 9.17) is 0 Å². The molecule has 5 aromatic rings. The molecule has 3 nitrogen and oxygen atoms in total. The Morgan fingerprint density at radius 3 is 2.41 bits per heavy atom. The van der Waals surface area contributed by atoms with Gasteiger partial charge in [0.2, 0.25) is 5.69 Å². The summed E-state index contributed by atoms with van der Waals surface area (Å²) in [5.74, 6) is -0.214. The van der Waals surface area contributed by atoms with Gasteiger partial charge >= 0.3 is 0 Å². The van der Waals surface area contributed by atoms with E-state index in [1.165, 1.54) is 12.1 Å². The maximum atomic E-state index is 13.3. The quantitative estimate of drug-likeness (QED) is 0.421. The van der Waals surface area contributed by atoms with Gasteiger partial charge in [-0.15, -0.1) is 0 Å². The number of aromatic nitrogens is 2. The summed E-state index contributed by atoms with van der Waals surface area (Å²) in [6, 6.07) is 22.3. The Labute approximate surface area is 171 Å². The van der Waals surface area contributed by atoms with Crippen LogP contribution < -0.4 is 17.0 Å². The van der Waals surface area contributed by atoms with Gasteiger partial charge in [0.25, 0.3) is 11.5 Å². The zero-order valence-corrected chi connectivity index (χ0v) is 15.9. The molecule has 0 aliphatic carbocycles. The van der Waals surface area contributed by atoms with Crippen molar-refractivity contribution in [3.63, 3.8) is 0 Å². The van der Waals surface area contributed by atoms with Crippen LogP contribution >= 0.6 is 0 Å². The molecule has 1 aliphatic heterocycles. The third-order valence-electron chi connectivity index (χ3n) is 5.51. The fraction of sp³-hybridized carbons (Fsp3) is 0. The third kappa shape index (κ3) is 2.43. The lowest BCUT2D eigenvalue weighted by atomic mass is 10.0. The van der Waals surface area contributed by atoms with Gasteiger partial charge in [0.1, 0.15) is 16.9 Å². The Morgan fingerprint density at radius 1 is 0.828 bits per heavy atom. The van der Waals surface area contributed by atoms with Crippen LogP contribution in [0.1, 0.15) is 16.1 Å². The highest BCUT2D eigenvalue weighted by Crippen LogP contribution is 2.33. The molecule has 2 aromatic heterocycles. The molecule has 0 spiro atoms. The SMILES string of the molecule is O=C1c2ccccc2-[n+]2ccc3c([nH]c4ccc(-c5ccc(F)cc5)cc43)c21.[Cl-]. The second-order valence-corrected chi connectivity index (χ2v) is 7.06. The lowest BCUT2D eigenvalue weighted by Gasteiger charge is -2.02. The zero-order valence-electron chi connectivity index (χ0n) is 15.1. The van der Waals surface area contributed by atoms with Crippen molar-refractivity contribution < 1.29 is 26.2 Å². The lowest BCUT2D eigenvalue weighted by Crippen LogP contribution is -3.00. The molecule has 140 valence electrons. The summed E-state index contributed by atoms with van der Waals surface area (Å²) in [4.78, 5) is 16.5. The Hall–Kier alpha value is -3.50. The van der Waals surface area contributed by atoms with Crippen LogP contribution in [0.5, 0.6) is 0 Å². The van der Waals surface area contributed by atoms with E-state index in [-0.39, 0.29) is 24.0 Å². The van der Waals surface area contributed by atoms with Gasteiger partial charge in [0.15, 0.2) is 6.20 Å². The first-order valence-corrected chi connectivity index (χ1v) is 9.11. The van der Waals surface area contributed by atoms with Crippen LogP contribution in [0.25, 0.3) is 38.6 Å². The minimum atomic E-state index is -0.248. The Balaban J connectivity index is 0.00000181. The summed E-state index contributed by atoms with van der Waals surface area (Å²) in [6.45, 7) is 0. The van der Waals surface area contributed by atoms with Crippen LogP contribution in [0.2, 0.25) is 0 Å². The van der Waals surface area contributed by atoms with Gasteiger partial charge in [0, 0.05) is 28.4 Å². The van der Waals surface area contributed by atoms with Gasteiger partial charge < -0.3 is 17.4 Å². The van der Waals surface area contributed by atoms with Crippen molar-refractivity contribution >= 4 is 27.6 Å². The Morgan fingerprint density at radius 2 is 1.59 bits per heavy atom. The first-order chi connectivity index (χ1) is 13.7. The molecule has 0 radical (unpaired) electrons. The van der Waals surface area contributed by atoms with Crippen molar-refractivity contribution in [3.05, 3.63) is 96.1 Å². The van der Waals surface area contributed by atoms with Crippen LogP contribution in [0.15, 0.2) is 79.0 Å². The minimum Gasteiger partial charge on any atom is -1.00 e. The van der Waals surface area contributed by atoms with Gasteiger partial charge in [-0.05, 0) is 41.5 Å². The normalized spacial score (nSPS) is 12.1. The average molecular weight is 401 g/mol. The van der Waals surface area contributed by atoms with Gasteiger partial charge in [-0.1, -0.05) is 30.3 Å². The van der Waals surface area contributed by atoms with Crippen LogP contribution in [-0.4, -0.2) is 10.8 Å². The average Bonchev–Trinajstić information content (AvgIpc) is 3.24. The van der Waals surface area contributed by atoms with E-state index in [9.17, 15) is 9.18 Å². The van der Waals surface area contributed by atoms with Crippen molar-refractivity contribution in [2.24, 2.45) is 0 Å². The summed E-state index contributed by atoms with van der Waals surface area (Å²) in [5.41, 5.74) is 6.08. The molecule has 6 rings (SSSR count). The van der Waals surface area contributed by atoms with Crippen LogP contribution in [0.4, 0.5) is 4.39 Å². The predicted octanol–water partition coefficient (Wildman–Crippen LogP) is 1.95. The van der Waals surface area contributed by atoms with Crippen LogP contribution in [0, 0.1) is 5.82 Å². The molecule has 0 fully saturated rings. The molecule has 1 aliphatic rings. The standard InChI is InChI=1S/C24H13FN2O.ClH/c25-16-8-5-14(6-9-16)15-7-10-20-19(13-15)17-11-12-27-21-4-2-1-3-18(21)24(28)23(27)22(17)26-20;/h1-13H;1H. The minimum absolute atomic E-state index is 0. The number of para-hydroxylation sites is 1. The van der Waals surface area contributed by atoms with E-state index in [1.807, 2.05) is 53.2 Å². The van der Waals surface area contributed by atoms with Gasteiger partial charge in [-0.2, -0.15) is 4.57 Å². The number of benzene rings is 3. The number of rotatable bonds is 1. The summed E-state index contributed by atoms with van der Waals surface area (Å²) < 4.78 is 15.2. The second kappa shape index (κ2) is 6.26. The fourth-order valence-electron chi connectivity index (χ4n) is 4.17. The number of hydrogen-bond donors (Lipinski definition) is 1. The molecule has 0 amide bonds. The molecule has 0 unspecified atom stereocenters. The predicted molar refractivity (Wildman–Crippen MR) is 106 cm³/mol. The highest BCUT2D eigenvalue weighted by Gasteiger charge is 2.37. The largest absolute Gasteiger partial charge is 1.00 e. The van der Waals surface area contributed by atoms with E-state index < -0.39 is 0 Å². The third-order valence-corrected chi connectivity index (χ3v) is 5.51. The molecule has 1 N–H and O–H groups in total. The first kappa shape index (κ1) is 17.6. The van der Waals surface area contributed by atoms with Gasteiger partial charge in [-0.25, -0.2) is 4.39 Å². The van der Waals surface area contributed by atoms with Gasteiger partial charge in [-0.3, -0.25) is 4.79 Å². The Kier molecular flexibility index (Phi) is 3.80. The van der Waals surface area contributed by atoms with Crippen molar-refractivity contribution in [3.8, 4) is 16.8 Å². The number of carbonyl (C=O) groups excluding carboxylic acids is 1. The molecule has 0 saturated heterocycles. The van der Waals surface area contributed by atoms with E-state index in [0.29, 0.717) is 5.69 Å². The molecule has 5 heteroatoms. The highest BCUT2D eigenvalue weighted by atomic mass is 35.5. The monoisotopic (exact) mass is 400 g/mol. The molecule has 0 saturated carbocycles. The fourth-order valence-corrected chi connectivity index (χ4v) is 4.17. The summed E-state index contributed by atoms with van der Waals surface area (Å²) in [7, 11) is 0. The van der Waals surface area contributed by atoms with Crippen molar-refractivity contribution in [2.45, 2.75) is 0 Å². The Bertz CT molecular complexity index is 1440. The van der Waals surface area contributed by atoms with E-state index in [0.717, 1.165) is 44.2 Å². The maximum absolute atomic E-state index is 13.3.